The van der Waals surface area contributed by atoms with Crippen LogP contribution in [0, 0.1) is 5.92 Å². The highest BCUT2D eigenvalue weighted by Crippen LogP contribution is 2.26. The molecule has 0 aliphatic heterocycles. The summed E-state index contributed by atoms with van der Waals surface area (Å²) in [5, 5.41) is 2.41. The Hall–Kier alpha value is -1.41. The molecule has 1 heterocycles. The molecule has 0 fully saturated rings. The zero-order valence-electron chi connectivity index (χ0n) is 10.6. The molecule has 2 atom stereocenters. The maximum atomic E-state index is 6.31. The second kappa shape index (κ2) is 5.28. The smallest absolute Gasteiger partial charge is 0.0349 e. The number of pyridine rings is 1. The van der Waals surface area contributed by atoms with Gasteiger partial charge in [0.15, 0.2) is 0 Å². The van der Waals surface area contributed by atoms with Gasteiger partial charge in [-0.15, -0.1) is 0 Å². The molecule has 0 amide bonds. The zero-order valence-corrected chi connectivity index (χ0v) is 10.6. The summed E-state index contributed by atoms with van der Waals surface area (Å²) >= 11 is 0. The first kappa shape index (κ1) is 12.1. The Morgan fingerprint density at radius 1 is 1.29 bits per heavy atom. The van der Waals surface area contributed by atoms with E-state index in [1.165, 1.54) is 22.8 Å². The number of hydrogen-bond acceptors (Lipinski definition) is 2. The van der Waals surface area contributed by atoms with Gasteiger partial charge >= 0.3 is 0 Å². The van der Waals surface area contributed by atoms with Crippen molar-refractivity contribution in [3.05, 3.63) is 42.2 Å². The third-order valence-electron chi connectivity index (χ3n) is 3.47. The molecule has 2 aromatic rings. The van der Waals surface area contributed by atoms with Crippen molar-refractivity contribution in [3.63, 3.8) is 0 Å². The Bertz CT molecular complexity index is 488. The Labute approximate surface area is 103 Å². The van der Waals surface area contributed by atoms with Crippen LogP contribution >= 0.6 is 0 Å². The van der Waals surface area contributed by atoms with Crippen molar-refractivity contribution in [2.24, 2.45) is 11.7 Å². The third kappa shape index (κ3) is 2.64. The second-order valence-corrected chi connectivity index (χ2v) is 4.80. The van der Waals surface area contributed by atoms with E-state index in [9.17, 15) is 0 Å². The van der Waals surface area contributed by atoms with E-state index in [2.05, 4.69) is 37.0 Å². The van der Waals surface area contributed by atoms with Gasteiger partial charge in [0, 0.05) is 23.8 Å². The van der Waals surface area contributed by atoms with E-state index in [0.29, 0.717) is 5.92 Å². The predicted octanol–water partition coefficient (Wildman–Crippen LogP) is 3.67. The van der Waals surface area contributed by atoms with Gasteiger partial charge in [-0.2, -0.15) is 0 Å². The Balaban J connectivity index is 2.34. The van der Waals surface area contributed by atoms with Crippen molar-refractivity contribution in [1.29, 1.82) is 0 Å². The average Bonchev–Trinajstić information content (AvgIpc) is 2.37. The highest BCUT2D eigenvalue weighted by atomic mass is 14.6. The molecule has 2 heteroatoms. The van der Waals surface area contributed by atoms with Crippen molar-refractivity contribution in [1.82, 2.24) is 4.98 Å². The summed E-state index contributed by atoms with van der Waals surface area (Å²) in [6.45, 7) is 4.46. The molecule has 0 spiro atoms. The minimum atomic E-state index is 0.109. The summed E-state index contributed by atoms with van der Waals surface area (Å²) in [5.74, 6) is 0.664. The molecular weight excluding hydrogens is 208 g/mol. The fraction of sp³-hybridized carbons (Fsp3) is 0.400. The largest absolute Gasteiger partial charge is 0.324 e. The molecule has 1 aromatic heterocycles. The number of fused-ring (bicyclic) bond motifs is 1. The van der Waals surface area contributed by atoms with Crippen LogP contribution in [-0.2, 0) is 0 Å². The number of rotatable bonds is 4. The summed E-state index contributed by atoms with van der Waals surface area (Å²) in [6.07, 6.45) is 5.95. The molecule has 2 N–H and O–H groups in total. The first-order chi connectivity index (χ1) is 8.22. The van der Waals surface area contributed by atoms with Gasteiger partial charge in [-0.25, -0.2) is 0 Å². The van der Waals surface area contributed by atoms with Crippen LogP contribution in [0.4, 0.5) is 0 Å². The molecule has 1 aromatic carbocycles. The third-order valence-corrected chi connectivity index (χ3v) is 3.47. The lowest BCUT2D eigenvalue weighted by atomic mass is 9.92. The molecule has 0 aliphatic rings. The molecule has 0 aliphatic carbocycles. The van der Waals surface area contributed by atoms with Gasteiger partial charge in [0.05, 0.1) is 0 Å². The van der Waals surface area contributed by atoms with E-state index < -0.39 is 0 Å². The van der Waals surface area contributed by atoms with E-state index in [1.54, 1.807) is 0 Å². The van der Waals surface area contributed by atoms with Crippen molar-refractivity contribution in [3.8, 4) is 0 Å². The molecule has 17 heavy (non-hydrogen) atoms. The van der Waals surface area contributed by atoms with Crippen LogP contribution in [0.15, 0.2) is 36.7 Å². The quantitative estimate of drug-likeness (QED) is 0.867. The highest BCUT2D eigenvalue weighted by molar-refractivity contribution is 5.85. The second-order valence-electron chi connectivity index (χ2n) is 4.80. The molecule has 2 nitrogen and oxygen atoms in total. The van der Waals surface area contributed by atoms with Gasteiger partial charge in [0.2, 0.25) is 0 Å². The highest BCUT2D eigenvalue weighted by Gasteiger charge is 2.12. The van der Waals surface area contributed by atoms with Gasteiger partial charge in [0.1, 0.15) is 0 Å². The molecule has 2 rings (SSSR count). The number of aromatic nitrogens is 1. The standard InChI is InChI=1S/C15H20N2/c1-3-11(2)9-15(16)13-6-4-5-12-7-8-17-10-14(12)13/h4-8,10-11,15H,3,9,16H2,1-2H3. The summed E-state index contributed by atoms with van der Waals surface area (Å²) in [4.78, 5) is 4.20. The van der Waals surface area contributed by atoms with Crippen molar-refractivity contribution in [2.75, 3.05) is 0 Å². The maximum Gasteiger partial charge on any atom is 0.0349 e. The lowest BCUT2D eigenvalue weighted by Crippen LogP contribution is -2.14. The summed E-state index contributed by atoms with van der Waals surface area (Å²) in [7, 11) is 0. The van der Waals surface area contributed by atoms with Crippen LogP contribution in [-0.4, -0.2) is 4.98 Å². The van der Waals surface area contributed by atoms with Crippen LogP contribution in [0.2, 0.25) is 0 Å². The van der Waals surface area contributed by atoms with Gasteiger partial charge in [-0.3, -0.25) is 4.98 Å². The normalized spacial score (nSPS) is 14.8. The van der Waals surface area contributed by atoms with E-state index in [-0.39, 0.29) is 6.04 Å². The molecule has 0 saturated heterocycles. The van der Waals surface area contributed by atoms with Crippen LogP contribution < -0.4 is 5.73 Å². The summed E-state index contributed by atoms with van der Waals surface area (Å²) in [6, 6.07) is 8.45. The number of nitrogens with two attached hydrogens (primary N) is 1. The molecule has 0 radical (unpaired) electrons. The lowest BCUT2D eigenvalue weighted by Gasteiger charge is -2.18. The van der Waals surface area contributed by atoms with Crippen LogP contribution in [0.3, 0.4) is 0 Å². The summed E-state index contributed by atoms with van der Waals surface area (Å²) in [5.41, 5.74) is 7.53. The maximum absolute atomic E-state index is 6.31. The van der Waals surface area contributed by atoms with Crippen molar-refractivity contribution < 1.29 is 0 Å². The molecule has 90 valence electrons. The molecule has 2 unspecified atom stereocenters. The molecular formula is C15H20N2. The predicted molar refractivity (Wildman–Crippen MR) is 72.7 cm³/mol. The van der Waals surface area contributed by atoms with Crippen LogP contribution in [0.5, 0.6) is 0 Å². The van der Waals surface area contributed by atoms with E-state index >= 15 is 0 Å². The van der Waals surface area contributed by atoms with Crippen LogP contribution in [0.1, 0.15) is 38.3 Å². The van der Waals surface area contributed by atoms with Crippen LogP contribution in [0.25, 0.3) is 10.8 Å². The molecule has 0 bridgehead atoms. The first-order valence-corrected chi connectivity index (χ1v) is 6.30. The lowest BCUT2D eigenvalue weighted by molar-refractivity contribution is 0.463. The van der Waals surface area contributed by atoms with Gasteiger partial charge in [-0.05, 0) is 29.4 Å². The number of benzene rings is 1. The molecule has 0 saturated carbocycles. The Kier molecular flexibility index (Phi) is 3.75. The SMILES string of the molecule is CCC(C)CC(N)c1cccc2ccncc12. The van der Waals surface area contributed by atoms with E-state index in [0.717, 1.165) is 6.42 Å². The monoisotopic (exact) mass is 228 g/mol. The Morgan fingerprint density at radius 3 is 2.88 bits per heavy atom. The van der Waals surface area contributed by atoms with Gasteiger partial charge in [-0.1, -0.05) is 38.5 Å². The fourth-order valence-electron chi connectivity index (χ4n) is 2.19. The van der Waals surface area contributed by atoms with Crippen molar-refractivity contribution in [2.45, 2.75) is 32.7 Å². The van der Waals surface area contributed by atoms with E-state index in [1.807, 2.05) is 18.5 Å². The van der Waals surface area contributed by atoms with Crippen molar-refractivity contribution >= 4 is 10.8 Å². The number of nitrogens with zero attached hydrogens (tertiary/aromatic N) is 1. The minimum absolute atomic E-state index is 0.109. The zero-order chi connectivity index (χ0) is 12.3. The Morgan fingerprint density at radius 2 is 2.12 bits per heavy atom. The first-order valence-electron chi connectivity index (χ1n) is 6.30. The fourth-order valence-corrected chi connectivity index (χ4v) is 2.19. The topological polar surface area (TPSA) is 38.9 Å². The van der Waals surface area contributed by atoms with E-state index in [4.69, 9.17) is 5.73 Å². The van der Waals surface area contributed by atoms with Gasteiger partial charge < -0.3 is 5.73 Å². The average molecular weight is 228 g/mol. The summed E-state index contributed by atoms with van der Waals surface area (Å²) < 4.78 is 0. The van der Waals surface area contributed by atoms with Gasteiger partial charge in [0.25, 0.3) is 0 Å². The minimum Gasteiger partial charge on any atom is -0.324 e. The number of hydrogen-bond donors (Lipinski definition) is 1.